The third-order valence-electron chi connectivity index (χ3n) is 9.56. The molecule has 0 aromatic heterocycles. The normalized spacial score (nSPS) is 53.5. The lowest BCUT2D eigenvalue weighted by Gasteiger charge is -2.62. The van der Waals surface area contributed by atoms with Gasteiger partial charge >= 0.3 is 0 Å². The fourth-order valence-corrected chi connectivity index (χ4v) is 9.58. The highest BCUT2D eigenvalue weighted by atomic mass is 32.2. The van der Waals surface area contributed by atoms with Crippen molar-refractivity contribution in [2.24, 2.45) is 40.4 Å². The first kappa shape index (κ1) is 19.3. The Morgan fingerprint density at radius 1 is 1.04 bits per heavy atom. The summed E-state index contributed by atoms with van der Waals surface area (Å²) in [6.07, 6.45) is 13.1. The van der Waals surface area contributed by atoms with Crippen LogP contribution in [0.3, 0.4) is 0 Å². The Morgan fingerprint density at radius 2 is 1.81 bits per heavy atom. The molecule has 0 unspecified atom stereocenters. The number of thioether (sulfide) groups is 1. The van der Waals surface area contributed by atoms with Gasteiger partial charge in [-0.15, -0.1) is 0 Å². The van der Waals surface area contributed by atoms with E-state index in [-0.39, 0.29) is 5.41 Å². The summed E-state index contributed by atoms with van der Waals surface area (Å²) in [7, 11) is 0. The Labute approximate surface area is 164 Å². The zero-order chi connectivity index (χ0) is 18.7. The second-order valence-electron chi connectivity index (χ2n) is 10.8. The number of carbonyl (C=O) groups is 1. The number of fused-ring (bicyclic) bond motifs is 5. The summed E-state index contributed by atoms with van der Waals surface area (Å²) in [5.74, 6) is 5.14. The summed E-state index contributed by atoms with van der Waals surface area (Å²) < 4.78 is 0. The largest absolute Gasteiger partial charge is 0.390 e. The molecule has 0 aromatic rings. The average Bonchev–Trinajstić information content (AvgIpc) is 2.92. The van der Waals surface area contributed by atoms with Crippen molar-refractivity contribution >= 4 is 17.5 Å². The van der Waals surface area contributed by atoms with Gasteiger partial charge in [-0.25, -0.2) is 0 Å². The van der Waals surface area contributed by atoms with Gasteiger partial charge in [-0.1, -0.05) is 6.92 Å². The molecule has 0 amide bonds. The lowest BCUT2D eigenvalue weighted by Crippen LogP contribution is -2.57. The smallest absolute Gasteiger partial charge is 0.133 e. The highest BCUT2D eigenvalue weighted by Gasteiger charge is 2.62. The van der Waals surface area contributed by atoms with Gasteiger partial charge in [0, 0.05) is 5.92 Å². The Balaban J connectivity index is 1.65. The van der Waals surface area contributed by atoms with E-state index in [1.165, 1.54) is 44.3 Å². The molecule has 4 aliphatic rings. The molecule has 4 fully saturated rings. The first-order valence-electron chi connectivity index (χ1n) is 11.0. The molecule has 0 saturated heterocycles. The molecule has 1 N–H and O–H groups in total. The summed E-state index contributed by atoms with van der Waals surface area (Å²) >= 11 is 2.03. The molecular weight excluding hydrogens is 340 g/mol. The molecule has 2 nitrogen and oxygen atoms in total. The van der Waals surface area contributed by atoms with Gasteiger partial charge in [0.05, 0.1) is 5.60 Å². The number of carbonyl (C=O) groups excluding carboxylic acids is 1. The van der Waals surface area contributed by atoms with E-state index in [1.54, 1.807) is 0 Å². The van der Waals surface area contributed by atoms with E-state index in [1.807, 2.05) is 18.7 Å². The van der Waals surface area contributed by atoms with Gasteiger partial charge in [0.2, 0.25) is 0 Å². The fraction of sp³-hybridized carbons (Fsp3) is 0.957. The van der Waals surface area contributed by atoms with Crippen LogP contribution in [0, 0.1) is 40.4 Å². The summed E-state index contributed by atoms with van der Waals surface area (Å²) in [5.41, 5.74) is 0.260. The van der Waals surface area contributed by atoms with Crippen LogP contribution in [0.4, 0.5) is 0 Å². The van der Waals surface area contributed by atoms with Crippen LogP contribution in [-0.4, -0.2) is 28.5 Å². The van der Waals surface area contributed by atoms with E-state index >= 15 is 0 Å². The predicted octanol–water partition coefficient (Wildman–Crippen LogP) is 5.33. The number of rotatable bonds is 3. The minimum atomic E-state index is -0.449. The third-order valence-corrected chi connectivity index (χ3v) is 10.4. The van der Waals surface area contributed by atoms with Crippen molar-refractivity contribution in [1.29, 1.82) is 0 Å². The van der Waals surface area contributed by atoms with Gasteiger partial charge in [0.1, 0.15) is 5.78 Å². The van der Waals surface area contributed by atoms with Crippen LogP contribution < -0.4 is 0 Å². The molecular formula is C23H38O2S. The number of hydrogen-bond acceptors (Lipinski definition) is 3. The molecule has 0 heterocycles. The minimum absolute atomic E-state index is 0.264. The van der Waals surface area contributed by atoms with E-state index < -0.39 is 5.60 Å². The average molecular weight is 379 g/mol. The minimum Gasteiger partial charge on any atom is -0.390 e. The Kier molecular flexibility index (Phi) is 4.83. The van der Waals surface area contributed by atoms with Crippen molar-refractivity contribution in [2.75, 3.05) is 12.0 Å². The summed E-state index contributed by atoms with van der Waals surface area (Å²) in [5, 5.41) is 10.7. The molecule has 0 bridgehead atoms. The maximum Gasteiger partial charge on any atom is 0.133 e. The summed E-state index contributed by atoms with van der Waals surface area (Å²) in [6, 6.07) is 0. The Morgan fingerprint density at radius 3 is 2.50 bits per heavy atom. The molecule has 0 aliphatic heterocycles. The number of ketones is 1. The van der Waals surface area contributed by atoms with Crippen molar-refractivity contribution in [2.45, 2.75) is 84.2 Å². The van der Waals surface area contributed by atoms with Crippen molar-refractivity contribution in [3.05, 3.63) is 0 Å². The first-order chi connectivity index (χ1) is 12.2. The van der Waals surface area contributed by atoms with Crippen LogP contribution in [0.1, 0.15) is 78.6 Å². The molecule has 0 spiro atoms. The summed E-state index contributed by atoms with van der Waals surface area (Å²) in [6.45, 7) is 6.35. The van der Waals surface area contributed by atoms with E-state index in [2.05, 4.69) is 20.1 Å². The van der Waals surface area contributed by atoms with Gasteiger partial charge in [0.15, 0.2) is 0 Å². The highest BCUT2D eigenvalue weighted by Crippen LogP contribution is 2.68. The quantitative estimate of drug-likeness (QED) is 0.721. The lowest BCUT2D eigenvalue weighted by atomic mass is 9.44. The van der Waals surface area contributed by atoms with Crippen molar-refractivity contribution in [3.63, 3.8) is 0 Å². The molecule has 3 heteroatoms. The molecule has 4 rings (SSSR count). The van der Waals surface area contributed by atoms with Crippen LogP contribution in [0.5, 0.6) is 0 Å². The maximum absolute atomic E-state index is 12.3. The van der Waals surface area contributed by atoms with Gasteiger partial charge in [0.25, 0.3) is 0 Å². The molecule has 0 radical (unpaired) electrons. The SMILES string of the molecule is CSC[C@]12CC[C@@](C)(O)C[C@H]1CC[C@H]1[C@@H]3CC[C@H](C(C)=O)[C@@]3(C)CC[C@@H]12. The predicted molar refractivity (Wildman–Crippen MR) is 109 cm³/mol. The van der Waals surface area contributed by atoms with Gasteiger partial charge in [-0.2, -0.15) is 11.8 Å². The number of aliphatic hydroxyl groups is 1. The first-order valence-corrected chi connectivity index (χ1v) is 12.3. The van der Waals surface area contributed by atoms with Gasteiger partial charge in [-0.05, 0) is 118 Å². The van der Waals surface area contributed by atoms with Gasteiger partial charge < -0.3 is 5.11 Å². The van der Waals surface area contributed by atoms with E-state index in [0.29, 0.717) is 23.0 Å². The van der Waals surface area contributed by atoms with Crippen LogP contribution in [-0.2, 0) is 4.79 Å². The molecule has 8 atom stereocenters. The highest BCUT2D eigenvalue weighted by molar-refractivity contribution is 7.98. The van der Waals surface area contributed by atoms with Crippen molar-refractivity contribution < 1.29 is 9.90 Å². The lowest BCUT2D eigenvalue weighted by molar-refractivity contribution is -0.148. The molecule has 26 heavy (non-hydrogen) atoms. The van der Waals surface area contributed by atoms with Gasteiger partial charge in [-0.3, -0.25) is 4.79 Å². The molecule has 4 saturated carbocycles. The second kappa shape index (κ2) is 6.51. The number of hydrogen-bond donors (Lipinski definition) is 1. The van der Waals surface area contributed by atoms with Crippen LogP contribution in [0.2, 0.25) is 0 Å². The Bertz CT molecular complexity index is 573. The van der Waals surface area contributed by atoms with Crippen LogP contribution in [0.15, 0.2) is 0 Å². The second-order valence-corrected chi connectivity index (χ2v) is 11.7. The summed E-state index contributed by atoms with van der Waals surface area (Å²) in [4.78, 5) is 12.3. The Hall–Kier alpha value is -0.0200. The standard InChI is InChI=1S/C23H38O2S/c1-15(24)18-7-8-19-17-6-5-16-13-21(2,25)11-12-23(16,14-26-4)20(17)9-10-22(18,19)3/h16-20,25H,5-14H2,1-4H3/t16-,17+,18-,19+,20+,21-,22-,23-/m1/s1. The maximum atomic E-state index is 12.3. The molecule has 148 valence electrons. The molecule has 0 aromatic carbocycles. The topological polar surface area (TPSA) is 37.3 Å². The third kappa shape index (κ3) is 2.74. The van der Waals surface area contributed by atoms with Crippen molar-refractivity contribution in [3.8, 4) is 0 Å². The van der Waals surface area contributed by atoms with Crippen molar-refractivity contribution in [1.82, 2.24) is 0 Å². The van der Waals surface area contributed by atoms with Crippen LogP contribution >= 0.6 is 11.8 Å². The molecule has 4 aliphatic carbocycles. The van der Waals surface area contributed by atoms with E-state index in [0.717, 1.165) is 37.0 Å². The fourth-order valence-electron chi connectivity index (χ4n) is 8.45. The van der Waals surface area contributed by atoms with Crippen LogP contribution in [0.25, 0.3) is 0 Å². The zero-order valence-corrected chi connectivity index (χ0v) is 18.0. The monoisotopic (exact) mass is 378 g/mol. The van der Waals surface area contributed by atoms with E-state index in [9.17, 15) is 9.90 Å². The van der Waals surface area contributed by atoms with E-state index in [4.69, 9.17) is 0 Å². The zero-order valence-electron chi connectivity index (χ0n) is 17.2. The number of Topliss-reactive ketones (excluding diaryl/α,β-unsaturated/α-hetero) is 1.